The molecule has 1 aliphatic rings. The van der Waals surface area contributed by atoms with Crippen LogP contribution < -0.4 is 14.9 Å². The van der Waals surface area contributed by atoms with Gasteiger partial charge in [-0.3, -0.25) is 9.52 Å². The van der Waals surface area contributed by atoms with Gasteiger partial charge in [0.25, 0.3) is 10.0 Å². The van der Waals surface area contributed by atoms with E-state index in [1.54, 1.807) is 65.6 Å². The zero-order valence-electron chi connectivity index (χ0n) is 22.2. The van der Waals surface area contributed by atoms with Crippen LogP contribution in [0.25, 0.3) is 0 Å². The molecule has 9 nitrogen and oxygen atoms in total. The Bertz CT molecular complexity index is 1460. The number of rotatable bonds is 11. The molecule has 4 rings (SSSR count). The molecule has 10 heteroatoms. The number of aliphatic hydroxyl groups is 1. The number of methoxy groups -OCH3 is 1. The van der Waals surface area contributed by atoms with Crippen LogP contribution in [0.3, 0.4) is 0 Å². The maximum Gasteiger partial charge on any atom is 0.337 e. The van der Waals surface area contributed by atoms with Gasteiger partial charge in [0.15, 0.2) is 0 Å². The molecule has 3 aromatic rings. The number of ether oxygens (including phenoxy) is 1. The van der Waals surface area contributed by atoms with E-state index in [0.717, 1.165) is 11.3 Å². The molecule has 1 amide bonds. The zero-order valence-corrected chi connectivity index (χ0v) is 23.0. The van der Waals surface area contributed by atoms with E-state index in [-0.39, 0.29) is 23.8 Å². The first-order chi connectivity index (χ1) is 18.5. The predicted octanol–water partition coefficient (Wildman–Crippen LogP) is 3.66. The van der Waals surface area contributed by atoms with Crippen molar-refractivity contribution in [3.8, 4) is 0 Å². The average molecular weight is 552 g/mol. The number of sulfonamides is 1. The Morgan fingerprint density at radius 2 is 1.82 bits per heavy atom. The monoisotopic (exact) mass is 551 g/mol. The summed E-state index contributed by atoms with van der Waals surface area (Å²) in [6.45, 7) is 4.68. The van der Waals surface area contributed by atoms with Crippen LogP contribution in [-0.2, 0) is 26.0 Å². The number of hydrogen-bond acceptors (Lipinski definition) is 7. The maximum absolute atomic E-state index is 12.7. The number of nitrogens with zero attached hydrogens (tertiary/aromatic N) is 1. The Morgan fingerprint density at radius 1 is 1.08 bits per heavy atom. The van der Waals surface area contributed by atoms with E-state index in [2.05, 4.69) is 10.0 Å². The lowest BCUT2D eigenvalue weighted by atomic mass is 9.99. The molecule has 0 fully saturated rings. The highest BCUT2D eigenvalue weighted by Crippen LogP contribution is 2.31. The van der Waals surface area contributed by atoms with Gasteiger partial charge in [-0.15, -0.1) is 0 Å². The molecule has 3 N–H and O–H groups in total. The summed E-state index contributed by atoms with van der Waals surface area (Å²) in [5.41, 5.74) is 2.51. The van der Waals surface area contributed by atoms with Crippen LogP contribution in [0, 0.1) is 0 Å². The van der Waals surface area contributed by atoms with Crippen molar-refractivity contribution in [3.05, 3.63) is 89.5 Å². The maximum atomic E-state index is 12.7. The average Bonchev–Trinajstić information content (AvgIpc) is 3.24. The second-order valence-electron chi connectivity index (χ2n) is 10.1. The lowest BCUT2D eigenvalue weighted by Gasteiger charge is -2.30. The first-order valence-electron chi connectivity index (χ1n) is 12.6. The fourth-order valence-electron chi connectivity index (χ4n) is 4.47. The molecule has 3 aromatic carbocycles. The molecule has 1 atom stereocenters. The highest BCUT2D eigenvalue weighted by Gasteiger charge is 2.30. The first-order valence-corrected chi connectivity index (χ1v) is 14.1. The molecule has 0 aromatic heterocycles. The molecule has 39 heavy (non-hydrogen) atoms. The zero-order chi connectivity index (χ0) is 28.2. The topological polar surface area (TPSA) is 125 Å². The van der Waals surface area contributed by atoms with E-state index in [1.807, 2.05) is 13.8 Å². The molecule has 206 valence electrons. The van der Waals surface area contributed by atoms with Crippen LogP contribution in [0.15, 0.2) is 77.7 Å². The van der Waals surface area contributed by atoms with Gasteiger partial charge in [0.2, 0.25) is 5.91 Å². The number of benzene rings is 3. The number of carbonyl (C=O) groups is 2. The third kappa shape index (κ3) is 6.83. The summed E-state index contributed by atoms with van der Waals surface area (Å²) in [6.07, 6.45) is -0.0335. The largest absolute Gasteiger partial charge is 0.465 e. The van der Waals surface area contributed by atoms with Gasteiger partial charge in [0, 0.05) is 30.0 Å². The molecule has 0 radical (unpaired) electrons. The van der Waals surface area contributed by atoms with Crippen LogP contribution in [0.2, 0.25) is 0 Å². The number of esters is 1. The van der Waals surface area contributed by atoms with Gasteiger partial charge in [-0.2, -0.15) is 0 Å². The Morgan fingerprint density at radius 3 is 2.54 bits per heavy atom. The molecular weight excluding hydrogens is 518 g/mol. The molecule has 1 aliphatic heterocycles. The number of β-amino-alcohol motifs (C(OH)–C–C–N with tert-alkyl or cyclic N) is 1. The highest BCUT2D eigenvalue weighted by molar-refractivity contribution is 7.92. The number of fused-ring (bicyclic) bond motifs is 1. The van der Waals surface area contributed by atoms with Gasteiger partial charge < -0.3 is 20.1 Å². The minimum absolute atomic E-state index is 0.0300. The number of hydrogen-bond donors (Lipinski definition) is 3. The van der Waals surface area contributed by atoms with Gasteiger partial charge in [0.05, 0.1) is 30.1 Å². The summed E-state index contributed by atoms with van der Waals surface area (Å²) in [5, 5.41) is 14.2. The quantitative estimate of drug-likeness (QED) is 0.311. The molecule has 1 unspecified atom stereocenters. The van der Waals surface area contributed by atoms with Crippen LogP contribution in [-0.4, -0.2) is 51.1 Å². The van der Waals surface area contributed by atoms with Crippen molar-refractivity contribution >= 4 is 33.3 Å². The van der Waals surface area contributed by atoms with E-state index in [9.17, 15) is 23.1 Å². The molecule has 1 heterocycles. The van der Waals surface area contributed by atoms with E-state index in [1.165, 1.54) is 19.2 Å². The molecule has 0 saturated heterocycles. The van der Waals surface area contributed by atoms with Crippen molar-refractivity contribution in [2.75, 3.05) is 29.8 Å². The summed E-state index contributed by atoms with van der Waals surface area (Å²) in [6, 6.07) is 19.9. The summed E-state index contributed by atoms with van der Waals surface area (Å²) >= 11 is 0. The van der Waals surface area contributed by atoms with Gasteiger partial charge in [0.1, 0.15) is 0 Å². The number of nitrogens with one attached hydrogen (secondary N) is 2. The van der Waals surface area contributed by atoms with Crippen molar-refractivity contribution in [3.63, 3.8) is 0 Å². The van der Waals surface area contributed by atoms with Crippen molar-refractivity contribution < 1.29 is 27.9 Å². The lowest BCUT2D eigenvalue weighted by molar-refractivity contribution is -0.117. The lowest BCUT2D eigenvalue weighted by Crippen LogP contribution is -2.44. The molecule has 0 saturated carbocycles. The van der Waals surface area contributed by atoms with Crippen LogP contribution in [0.4, 0.5) is 11.4 Å². The number of amides is 1. The Kier molecular flexibility index (Phi) is 8.39. The standard InChI is InChI=1S/C29H33N3O6S/c1-29(2,14-15-32-25-13-12-21(28(35)38-3)16-22(25)18-27(32)34)30-19-26(33)20-8-7-9-23(17-20)31-39(36,37)24-10-5-4-6-11-24/h4-13,16-17,26,30-31,33H,14-15,18-19H2,1-3H3. The minimum Gasteiger partial charge on any atom is -0.465 e. The third-order valence-corrected chi connectivity index (χ3v) is 8.14. The normalized spacial score (nSPS) is 14.2. The molecule has 0 bridgehead atoms. The number of aliphatic hydroxyl groups excluding tert-OH is 1. The Labute approximate surface area is 228 Å². The number of carbonyl (C=O) groups excluding carboxylic acids is 2. The van der Waals surface area contributed by atoms with Crippen molar-refractivity contribution in [2.45, 2.75) is 43.2 Å². The van der Waals surface area contributed by atoms with Gasteiger partial charge in [-0.25, -0.2) is 13.2 Å². The first kappa shape index (κ1) is 28.3. The summed E-state index contributed by atoms with van der Waals surface area (Å²) in [7, 11) is -2.42. The summed E-state index contributed by atoms with van der Waals surface area (Å²) in [4.78, 5) is 26.4. The van der Waals surface area contributed by atoms with Crippen LogP contribution in [0.5, 0.6) is 0 Å². The Hall–Kier alpha value is -3.73. The van der Waals surface area contributed by atoms with E-state index in [0.29, 0.717) is 29.8 Å². The summed E-state index contributed by atoms with van der Waals surface area (Å²) < 4.78 is 32.6. The predicted molar refractivity (Wildman–Crippen MR) is 149 cm³/mol. The fraction of sp³-hybridized carbons (Fsp3) is 0.310. The second kappa shape index (κ2) is 11.6. The van der Waals surface area contributed by atoms with Crippen molar-refractivity contribution in [2.24, 2.45) is 0 Å². The summed E-state index contributed by atoms with van der Waals surface area (Å²) in [5.74, 6) is -0.468. The molecular formula is C29H33N3O6S. The van der Waals surface area contributed by atoms with E-state index in [4.69, 9.17) is 4.74 Å². The fourth-order valence-corrected chi connectivity index (χ4v) is 5.54. The van der Waals surface area contributed by atoms with Crippen molar-refractivity contribution in [1.82, 2.24) is 5.32 Å². The second-order valence-corrected chi connectivity index (χ2v) is 11.8. The Balaban J connectivity index is 1.34. The van der Waals surface area contributed by atoms with Gasteiger partial charge in [-0.1, -0.05) is 30.3 Å². The van der Waals surface area contributed by atoms with E-state index < -0.39 is 27.6 Å². The smallest absolute Gasteiger partial charge is 0.337 e. The van der Waals surface area contributed by atoms with E-state index >= 15 is 0 Å². The number of anilines is 2. The SMILES string of the molecule is COC(=O)c1ccc2c(c1)CC(=O)N2CCC(C)(C)NCC(O)c1cccc(NS(=O)(=O)c2ccccc2)c1. The third-order valence-electron chi connectivity index (χ3n) is 6.75. The molecule has 0 spiro atoms. The molecule has 0 aliphatic carbocycles. The minimum atomic E-state index is -3.74. The van der Waals surface area contributed by atoms with Crippen LogP contribution in [0.1, 0.15) is 47.9 Å². The van der Waals surface area contributed by atoms with Crippen LogP contribution >= 0.6 is 0 Å². The van der Waals surface area contributed by atoms with Gasteiger partial charge >= 0.3 is 5.97 Å². The van der Waals surface area contributed by atoms with Gasteiger partial charge in [-0.05, 0) is 73.9 Å². The highest BCUT2D eigenvalue weighted by atomic mass is 32.2. The van der Waals surface area contributed by atoms with Crippen molar-refractivity contribution in [1.29, 1.82) is 0 Å².